The molecule has 2 heterocycles. The molecule has 2 aliphatic rings. The molecule has 4 rings (SSSR count). The zero-order chi connectivity index (χ0) is 18.6. The van der Waals surface area contributed by atoms with Crippen molar-refractivity contribution in [3.05, 3.63) is 59.7 Å². The van der Waals surface area contributed by atoms with Gasteiger partial charge in [0.15, 0.2) is 0 Å². The van der Waals surface area contributed by atoms with E-state index in [2.05, 4.69) is 24.4 Å². The van der Waals surface area contributed by atoms with Crippen molar-refractivity contribution in [3.63, 3.8) is 0 Å². The molecule has 0 amide bonds. The van der Waals surface area contributed by atoms with Gasteiger partial charge in [-0.05, 0) is 18.6 Å². The van der Waals surface area contributed by atoms with Crippen LogP contribution in [0.1, 0.15) is 36.6 Å². The minimum absolute atomic E-state index is 0.00753. The first-order valence-corrected chi connectivity index (χ1v) is 9.69. The minimum Gasteiger partial charge on any atom is -0.491 e. The van der Waals surface area contributed by atoms with E-state index in [0.717, 1.165) is 22.6 Å². The van der Waals surface area contributed by atoms with E-state index in [1.54, 1.807) is 0 Å². The standard InChI is InChI=1S/C22H27NO4/c1-15-19(24)14-18-16-6-2-4-8-20(16)26-12-10-25-11-13-27-21-9-5-3-7-17(21)22(15)23-18/h2-9,15,18-19,22-24H,10-14H2,1H3/t15-,18+,19-,22+/m0/s1. The van der Waals surface area contributed by atoms with Gasteiger partial charge in [-0.2, -0.15) is 0 Å². The van der Waals surface area contributed by atoms with Gasteiger partial charge in [-0.15, -0.1) is 0 Å². The number of piperidine rings is 1. The van der Waals surface area contributed by atoms with E-state index in [4.69, 9.17) is 14.2 Å². The number of fused-ring (bicyclic) bond motifs is 6. The summed E-state index contributed by atoms with van der Waals surface area (Å²) in [5.74, 6) is 1.77. The lowest BCUT2D eigenvalue weighted by Gasteiger charge is -2.40. The first-order valence-electron chi connectivity index (χ1n) is 9.69. The lowest BCUT2D eigenvalue weighted by atomic mass is 9.80. The predicted molar refractivity (Wildman–Crippen MR) is 103 cm³/mol. The molecule has 144 valence electrons. The van der Waals surface area contributed by atoms with E-state index < -0.39 is 6.10 Å². The van der Waals surface area contributed by atoms with Crippen LogP contribution in [-0.2, 0) is 4.74 Å². The molecule has 2 aliphatic heterocycles. The van der Waals surface area contributed by atoms with Crippen molar-refractivity contribution in [1.29, 1.82) is 0 Å². The predicted octanol–water partition coefficient (Wildman–Crippen LogP) is 3.25. The lowest BCUT2D eigenvalue weighted by Crippen LogP contribution is -2.43. The summed E-state index contributed by atoms with van der Waals surface area (Å²) >= 11 is 0. The molecule has 2 bridgehead atoms. The van der Waals surface area contributed by atoms with Gasteiger partial charge in [-0.1, -0.05) is 43.3 Å². The Balaban J connectivity index is 1.73. The summed E-state index contributed by atoms with van der Waals surface area (Å²) < 4.78 is 17.6. The summed E-state index contributed by atoms with van der Waals surface area (Å²) in [4.78, 5) is 0. The smallest absolute Gasteiger partial charge is 0.124 e. The zero-order valence-electron chi connectivity index (χ0n) is 15.6. The Bertz CT molecular complexity index is 765. The number of rotatable bonds is 0. The lowest BCUT2D eigenvalue weighted by molar-refractivity contribution is 0.0365. The first-order chi connectivity index (χ1) is 13.2. The summed E-state index contributed by atoms with van der Waals surface area (Å²) in [5, 5.41) is 14.5. The third-order valence-electron chi connectivity index (χ3n) is 5.51. The normalized spacial score (nSPS) is 28.7. The van der Waals surface area contributed by atoms with Crippen LogP contribution in [0.4, 0.5) is 0 Å². The first kappa shape index (κ1) is 18.3. The summed E-state index contributed by atoms with van der Waals surface area (Å²) in [7, 11) is 0. The van der Waals surface area contributed by atoms with Gasteiger partial charge in [-0.25, -0.2) is 0 Å². The van der Waals surface area contributed by atoms with Gasteiger partial charge >= 0.3 is 0 Å². The minimum atomic E-state index is -0.404. The molecule has 5 nitrogen and oxygen atoms in total. The van der Waals surface area contributed by atoms with Gasteiger partial charge in [-0.3, -0.25) is 0 Å². The van der Waals surface area contributed by atoms with E-state index in [1.807, 2.05) is 36.4 Å². The highest BCUT2D eigenvalue weighted by molar-refractivity contribution is 5.40. The number of para-hydroxylation sites is 2. The molecule has 2 N–H and O–H groups in total. The van der Waals surface area contributed by atoms with Crippen LogP contribution >= 0.6 is 0 Å². The van der Waals surface area contributed by atoms with Crippen LogP contribution in [-0.4, -0.2) is 37.6 Å². The van der Waals surface area contributed by atoms with E-state index in [0.29, 0.717) is 32.8 Å². The molecule has 0 unspecified atom stereocenters. The van der Waals surface area contributed by atoms with Crippen molar-refractivity contribution in [3.8, 4) is 11.5 Å². The fraction of sp³-hybridized carbons (Fsp3) is 0.455. The third kappa shape index (κ3) is 3.95. The van der Waals surface area contributed by atoms with Crippen LogP contribution in [0.3, 0.4) is 0 Å². The van der Waals surface area contributed by atoms with Crippen molar-refractivity contribution in [1.82, 2.24) is 5.32 Å². The highest BCUT2D eigenvalue weighted by Crippen LogP contribution is 2.41. The molecule has 0 aromatic heterocycles. The molecule has 2 aromatic rings. The van der Waals surface area contributed by atoms with Crippen molar-refractivity contribution in [2.45, 2.75) is 31.5 Å². The molecule has 1 saturated heterocycles. The fourth-order valence-corrected chi connectivity index (χ4v) is 4.00. The Hall–Kier alpha value is -2.08. The van der Waals surface area contributed by atoms with Gasteiger partial charge in [0.25, 0.3) is 0 Å². The second-order valence-corrected chi connectivity index (χ2v) is 7.24. The Morgan fingerprint density at radius 3 is 2.15 bits per heavy atom. The second kappa shape index (κ2) is 8.30. The number of hydrogen-bond acceptors (Lipinski definition) is 5. The van der Waals surface area contributed by atoms with Crippen LogP contribution in [0, 0.1) is 5.92 Å². The average molecular weight is 369 g/mol. The maximum Gasteiger partial charge on any atom is 0.124 e. The van der Waals surface area contributed by atoms with Crippen LogP contribution < -0.4 is 14.8 Å². The zero-order valence-corrected chi connectivity index (χ0v) is 15.6. The highest BCUT2D eigenvalue weighted by Gasteiger charge is 2.37. The maximum atomic E-state index is 10.8. The second-order valence-electron chi connectivity index (χ2n) is 7.24. The van der Waals surface area contributed by atoms with Crippen LogP contribution in [0.15, 0.2) is 48.5 Å². The van der Waals surface area contributed by atoms with Crippen molar-refractivity contribution in [2.75, 3.05) is 26.4 Å². The largest absolute Gasteiger partial charge is 0.491 e. The quantitative estimate of drug-likeness (QED) is 0.747. The number of ether oxygens (including phenoxy) is 3. The number of aliphatic hydroxyl groups is 1. The molecule has 2 aromatic carbocycles. The van der Waals surface area contributed by atoms with E-state index in [9.17, 15) is 5.11 Å². The highest BCUT2D eigenvalue weighted by atomic mass is 16.5. The molecule has 0 aliphatic carbocycles. The fourth-order valence-electron chi connectivity index (χ4n) is 4.00. The molecule has 0 saturated carbocycles. The van der Waals surface area contributed by atoms with E-state index in [-0.39, 0.29) is 18.0 Å². The van der Waals surface area contributed by atoms with Crippen LogP contribution in [0.25, 0.3) is 0 Å². The molecule has 5 heteroatoms. The summed E-state index contributed by atoms with van der Waals surface area (Å²) in [6, 6.07) is 16.1. The van der Waals surface area contributed by atoms with Crippen LogP contribution in [0.5, 0.6) is 11.5 Å². The maximum absolute atomic E-state index is 10.8. The van der Waals surface area contributed by atoms with Gasteiger partial charge in [0.2, 0.25) is 0 Å². The SMILES string of the molecule is C[C@H]1[C@@H](O)C[C@H]2N[C@H]1c1ccccc1OCCOCCOc1ccccc12. The molecule has 4 atom stereocenters. The number of aliphatic hydroxyl groups excluding tert-OH is 1. The number of nitrogens with one attached hydrogen (secondary N) is 1. The van der Waals surface area contributed by atoms with Gasteiger partial charge in [0.05, 0.1) is 19.3 Å². The molecule has 27 heavy (non-hydrogen) atoms. The van der Waals surface area contributed by atoms with Gasteiger partial charge in [0.1, 0.15) is 24.7 Å². The van der Waals surface area contributed by atoms with E-state index in [1.165, 1.54) is 0 Å². The van der Waals surface area contributed by atoms with E-state index >= 15 is 0 Å². The van der Waals surface area contributed by atoms with Crippen LogP contribution in [0.2, 0.25) is 0 Å². The molecular weight excluding hydrogens is 342 g/mol. The van der Waals surface area contributed by atoms with Crippen molar-refractivity contribution >= 4 is 0 Å². The van der Waals surface area contributed by atoms with Gasteiger partial charge < -0.3 is 24.6 Å². The summed E-state index contributed by atoms with van der Waals surface area (Å²) in [5.41, 5.74) is 2.15. The Morgan fingerprint density at radius 1 is 0.852 bits per heavy atom. The van der Waals surface area contributed by atoms with Crippen molar-refractivity contribution < 1.29 is 19.3 Å². The third-order valence-corrected chi connectivity index (χ3v) is 5.51. The topological polar surface area (TPSA) is 60.0 Å². The molecule has 0 spiro atoms. The Labute approximate surface area is 160 Å². The average Bonchev–Trinajstić information content (AvgIpc) is 2.69. The Kier molecular flexibility index (Phi) is 5.62. The monoisotopic (exact) mass is 369 g/mol. The number of benzene rings is 2. The number of hydrogen-bond donors (Lipinski definition) is 2. The Morgan fingerprint density at radius 2 is 1.44 bits per heavy atom. The van der Waals surface area contributed by atoms with Crippen molar-refractivity contribution in [2.24, 2.45) is 5.92 Å². The summed E-state index contributed by atoms with van der Waals surface area (Å²) in [6.45, 7) is 4.09. The molecule has 1 fully saturated rings. The van der Waals surface area contributed by atoms with Gasteiger partial charge in [0, 0.05) is 29.1 Å². The molecular formula is C22H27NO4. The molecule has 0 radical (unpaired) electrons. The summed E-state index contributed by atoms with van der Waals surface area (Å²) in [6.07, 6.45) is 0.246.